The predicted molar refractivity (Wildman–Crippen MR) is 73.5 cm³/mol. The summed E-state index contributed by atoms with van der Waals surface area (Å²) in [6.07, 6.45) is 6.62. The molecule has 19 heavy (non-hydrogen) atoms. The molecule has 0 atom stereocenters. The standard InChI is InChI=1S/C14H25N3O2/c15-12-6-9-16(10-7-12)14(19)11-17-8-4-2-1-3-5-13(17)18/h12H,1-11,15H2. The number of nitrogens with zero attached hydrogens (tertiary/aromatic N) is 2. The van der Waals surface area contributed by atoms with Crippen LogP contribution < -0.4 is 5.73 Å². The first kappa shape index (κ1) is 14.3. The van der Waals surface area contributed by atoms with Crippen LogP contribution in [0.25, 0.3) is 0 Å². The van der Waals surface area contributed by atoms with Gasteiger partial charge in [0.25, 0.3) is 0 Å². The lowest BCUT2D eigenvalue weighted by Gasteiger charge is -2.32. The molecular formula is C14H25N3O2. The number of piperidine rings is 1. The van der Waals surface area contributed by atoms with Crippen molar-refractivity contribution >= 4 is 11.8 Å². The fourth-order valence-electron chi connectivity index (χ4n) is 2.79. The molecule has 0 saturated carbocycles. The molecule has 0 radical (unpaired) electrons. The second-order valence-electron chi connectivity index (χ2n) is 5.70. The largest absolute Gasteiger partial charge is 0.341 e. The van der Waals surface area contributed by atoms with Gasteiger partial charge in [-0.05, 0) is 25.7 Å². The fourth-order valence-corrected chi connectivity index (χ4v) is 2.79. The molecule has 0 aromatic heterocycles. The zero-order chi connectivity index (χ0) is 13.7. The number of hydrogen-bond acceptors (Lipinski definition) is 3. The maximum Gasteiger partial charge on any atom is 0.242 e. The average molecular weight is 267 g/mol. The van der Waals surface area contributed by atoms with Crippen LogP contribution in [0, 0.1) is 0 Å². The third kappa shape index (κ3) is 4.20. The zero-order valence-corrected chi connectivity index (χ0v) is 11.6. The van der Waals surface area contributed by atoms with E-state index in [1.165, 1.54) is 0 Å². The quantitative estimate of drug-likeness (QED) is 0.802. The third-order valence-electron chi connectivity index (χ3n) is 4.14. The Morgan fingerprint density at radius 1 is 1.11 bits per heavy atom. The second kappa shape index (κ2) is 6.89. The van der Waals surface area contributed by atoms with Gasteiger partial charge in [0.05, 0.1) is 6.54 Å². The zero-order valence-electron chi connectivity index (χ0n) is 11.6. The summed E-state index contributed by atoms with van der Waals surface area (Å²) in [6, 6.07) is 0.229. The third-order valence-corrected chi connectivity index (χ3v) is 4.14. The van der Waals surface area contributed by atoms with E-state index in [0.29, 0.717) is 6.42 Å². The van der Waals surface area contributed by atoms with Gasteiger partial charge in [-0.3, -0.25) is 9.59 Å². The normalized spacial score (nSPS) is 23.1. The van der Waals surface area contributed by atoms with Crippen molar-refractivity contribution in [2.24, 2.45) is 5.73 Å². The molecule has 2 heterocycles. The molecule has 2 aliphatic heterocycles. The van der Waals surface area contributed by atoms with Gasteiger partial charge >= 0.3 is 0 Å². The molecule has 0 aliphatic carbocycles. The van der Waals surface area contributed by atoms with E-state index in [2.05, 4.69) is 0 Å². The van der Waals surface area contributed by atoms with Gasteiger partial charge < -0.3 is 15.5 Å². The highest BCUT2D eigenvalue weighted by molar-refractivity contribution is 5.85. The molecular weight excluding hydrogens is 242 g/mol. The average Bonchev–Trinajstić information content (AvgIpc) is 2.39. The van der Waals surface area contributed by atoms with Crippen molar-refractivity contribution in [1.29, 1.82) is 0 Å². The molecule has 108 valence electrons. The Balaban J connectivity index is 1.84. The summed E-state index contributed by atoms with van der Waals surface area (Å²) in [5.74, 6) is 0.225. The Labute approximate surface area is 115 Å². The van der Waals surface area contributed by atoms with Gasteiger partial charge in [0.1, 0.15) is 0 Å². The van der Waals surface area contributed by atoms with E-state index < -0.39 is 0 Å². The van der Waals surface area contributed by atoms with Crippen LogP contribution in [-0.2, 0) is 9.59 Å². The SMILES string of the molecule is NC1CCN(C(=O)CN2CCCCCCC2=O)CC1. The number of likely N-dealkylation sites (tertiary alicyclic amines) is 2. The first-order valence-electron chi connectivity index (χ1n) is 7.48. The molecule has 5 nitrogen and oxygen atoms in total. The Kier molecular flexibility index (Phi) is 5.19. The molecule has 2 amide bonds. The molecule has 5 heteroatoms. The van der Waals surface area contributed by atoms with Crippen LogP contribution in [-0.4, -0.2) is 53.8 Å². The van der Waals surface area contributed by atoms with Crippen LogP contribution in [0.5, 0.6) is 0 Å². The van der Waals surface area contributed by atoms with Gasteiger partial charge in [0.2, 0.25) is 11.8 Å². The van der Waals surface area contributed by atoms with Crippen molar-refractivity contribution in [2.45, 2.75) is 51.0 Å². The maximum atomic E-state index is 12.2. The highest BCUT2D eigenvalue weighted by atomic mass is 16.2. The summed E-state index contributed by atoms with van der Waals surface area (Å²) in [5.41, 5.74) is 5.84. The topological polar surface area (TPSA) is 66.6 Å². The number of rotatable bonds is 2. The summed E-state index contributed by atoms with van der Waals surface area (Å²) >= 11 is 0. The van der Waals surface area contributed by atoms with Crippen molar-refractivity contribution in [2.75, 3.05) is 26.2 Å². The van der Waals surface area contributed by atoms with Crippen LogP contribution in [0.4, 0.5) is 0 Å². The predicted octanol–water partition coefficient (Wildman–Crippen LogP) is 0.729. The van der Waals surface area contributed by atoms with Crippen molar-refractivity contribution in [1.82, 2.24) is 9.80 Å². The maximum absolute atomic E-state index is 12.2. The number of carbonyl (C=O) groups excluding carboxylic acids is 2. The highest BCUT2D eigenvalue weighted by Crippen LogP contribution is 2.13. The van der Waals surface area contributed by atoms with E-state index in [-0.39, 0.29) is 24.4 Å². The van der Waals surface area contributed by atoms with Gasteiger partial charge in [0, 0.05) is 32.1 Å². The summed E-state index contributed by atoms with van der Waals surface area (Å²) in [6.45, 7) is 2.47. The molecule has 0 aromatic rings. The second-order valence-corrected chi connectivity index (χ2v) is 5.70. The lowest BCUT2D eigenvalue weighted by atomic mass is 10.1. The number of carbonyl (C=O) groups is 2. The van der Waals surface area contributed by atoms with E-state index in [4.69, 9.17) is 5.73 Å². The van der Waals surface area contributed by atoms with Gasteiger partial charge in [0.15, 0.2) is 0 Å². The smallest absolute Gasteiger partial charge is 0.242 e. The highest BCUT2D eigenvalue weighted by Gasteiger charge is 2.24. The fraction of sp³-hybridized carbons (Fsp3) is 0.857. The van der Waals surface area contributed by atoms with Crippen molar-refractivity contribution in [3.63, 3.8) is 0 Å². The van der Waals surface area contributed by atoms with Gasteiger partial charge in [-0.2, -0.15) is 0 Å². The molecule has 2 rings (SSSR count). The molecule has 0 unspecified atom stereocenters. The number of hydrogen-bond donors (Lipinski definition) is 1. The Morgan fingerprint density at radius 2 is 1.79 bits per heavy atom. The molecule has 2 fully saturated rings. The molecule has 0 aromatic carbocycles. The van der Waals surface area contributed by atoms with E-state index in [0.717, 1.165) is 58.2 Å². The minimum atomic E-state index is 0.0841. The Bertz CT molecular complexity index is 325. The molecule has 2 aliphatic rings. The lowest BCUT2D eigenvalue weighted by Crippen LogP contribution is -2.48. The Hall–Kier alpha value is -1.10. The van der Waals surface area contributed by atoms with Crippen molar-refractivity contribution < 1.29 is 9.59 Å². The molecule has 2 saturated heterocycles. The summed E-state index contributed by atoms with van der Waals surface area (Å²) in [4.78, 5) is 27.8. The van der Waals surface area contributed by atoms with Crippen LogP contribution in [0.1, 0.15) is 44.9 Å². The van der Waals surface area contributed by atoms with E-state index in [1.807, 2.05) is 4.90 Å². The lowest BCUT2D eigenvalue weighted by molar-refractivity contribution is -0.141. The van der Waals surface area contributed by atoms with Crippen molar-refractivity contribution in [3.8, 4) is 0 Å². The Morgan fingerprint density at radius 3 is 2.53 bits per heavy atom. The number of nitrogens with two attached hydrogens (primary N) is 1. The minimum absolute atomic E-state index is 0.0841. The summed E-state index contributed by atoms with van der Waals surface area (Å²) < 4.78 is 0. The number of amides is 2. The molecule has 0 bridgehead atoms. The molecule has 2 N–H and O–H groups in total. The van der Waals surface area contributed by atoms with Crippen LogP contribution in [0.2, 0.25) is 0 Å². The van der Waals surface area contributed by atoms with Gasteiger partial charge in [-0.15, -0.1) is 0 Å². The van der Waals surface area contributed by atoms with E-state index in [9.17, 15) is 9.59 Å². The van der Waals surface area contributed by atoms with Crippen LogP contribution in [0.15, 0.2) is 0 Å². The summed E-state index contributed by atoms with van der Waals surface area (Å²) in [5, 5.41) is 0. The van der Waals surface area contributed by atoms with E-state index in [1.54, 1.807) is 4.90 Å². The molecule has 0 spiro atoms. The van der Waals surface area contributed by atoms with Gasteiger partial charge in [-0.1, -0.05) is 12.8 Å². The first-order valence-corrected chi connectivity index (χ1v) is 7.48. The van der Waals surface area contributed by atoms with Crippen LogP contribution in [0.3, 0.4) is 0 Å². The van der Waals surface area contributed by atoms with Crippen LogP contribution >= 0.6 is 0 Å². The van der Waals surface area contributed by atoms with Gasteiger partial charge in [-0.25, -0.2) is 0 Å². The monoisotopic (exact) mass is 267 g/mol. The van der Waals surface area contributed by atoms with Crippen molar-refractivity contribution in [3.05, 3.63) is 0 Å². The van der Waals surface area contributed by atoms with E-state index >= 15 is 0 Å². The summed E-state index contributed by atoms with van der Waals surface area (Å²) in [7, 11) is 0. The minimum Gasteiger partial charge on any atom is -0.341 e. The first-order chi connectivity index (χ1) is 9.16.